The average Bonchev–Trinajstić information content (AvgIpc) is 3.29. The van der Waals surface area contributed by atoms with E-state index in [1.54, 1.807) is 35.2 Å². The molecule has 1 saturated heterocycles. The number of nitrogens with zero attached hydrogens (tertiary/aromatic N) is 1. The minimum atomic E-state index is -0.610. The first-order chi connectivity index (χ1) is 16.9. The molecule has 0 saturated carbocycles. The highest BCUT2D eigenvalue weighted by molar-refractivity contribution is 5.98. The van der Waals surface area contributed by atoms with E-state index >= 15 is 0 Å². The Morgan fingerprint density at radius 1 is 0.886 bits per heavy atom. The van der Waals surface area contributed by atoms with Gasteiger partial charge in [0.2, 0.25) is 5.91 Å². The quantitative estimate of drug-likeness (QED) is 0.277. The van der Waals surface area contributed by atoms with Crippen molar-refractivity contribution in [2.45, 2.75) is 19.4 Å². The maximum absolute atomic E-state index is 12.5. The number of hydrogen-bond donors (Lipinski definition) is 0. The Hall–Kier alpha value is -4.26. The van der Waals surface area contributed by atoms with Crippen LogP contribution < -0.4 is 4.74 Å². The first kappa shape index (κ1) is 23.9. The standard InChI is InChI=1S/C28H25NO6/c1-19(20-8-4-2-5-9-20)29-17-23(16-26(29)31)27(32)34-18-25(30)21-12-14-24(15-13-21)35-28(33)22-10-6-3-7-11-22/h2-15,19,23H,16-18H2,1H3/t19-,23+/m1/s1. The highest BCUT2D eigenvalue weighted by Gasteiger charge is 2.38. The fourth-order valence-electron chi connectivity index (χ4n) is 3.96. The van der Waals surface area contributed by atoms with Gasteiger partial charge in [0.15, 0.2) is 12.4 Å². The van der Waals surface area contributed by atoms with Crippen LogP contribution in [0.4, 0.5) is 0 Å². The maximum Gasteiger partial charge on any atom is 0.343 e. The van der Waals surface area contributed by atoms with Crippen LogP contribution in [0.2, 0.25) is 0 Å². The first-order valence-electron chi connectivity index (χ1n) is 11.3. The van der Waals surface area contributed by atoms with Gasteiger partial charge in [-0.05, 0) is 48.9 Å². The van der Waals surface area contributed by atoms with Crippen LogP contribution in [0.15, 0.2) is 84.9 Å². The van der Waals surface area contributed by atoms with Crippen molar-refractivity contribution >= 4 is 23.6 Å². The Bertz CT molecular complexity index is 1210. The van der Waals surface area contributed by atoms with E-state index in [-0.39, 0.29) is 24.9 Å². The SMILES string of the molecule is C[C@H](c1ccccc1)N1C[C@@H](C(=O)OCC(=O)c2ccc(OC(=O)c3ccccc3)cc2)CC1=O. The highest BCUT2D eigenvalue weighted by Crippen LogP contribution is 2.29. The third-order valence-electron chi connectivity index (χ3n) is 5.98. The molecule has 0 bridgehead atoms. The molecule has 0 spiro atoms. The molecule has 0 unspecified atom stereocenters. The van der Waals surface area contributed by atoms with Gasteiger partial charge in [-0.2, -0.15) is 0 Å². The van der Waals surface area contributed by atoms with E-state index in [0.717, 1.165) is 5.56 Å². The summed E-state index contributed by atoms with van der Waals surface area (Å²) in [7, 11) is 0. The third-order valence-corrected chi connectivity index (χ3v) is 5.98. The number of Topliss-reactive ketones (excluding diaryl/α,β-unsaturated/α-hetero) is 1. The molecular formula is C28H25NO6. The van der Waals surface area contributed by atoms with E-state index in [1.807, 2.05) is 37.3 Å². The summed E-state index contributed by atoms with van der Waals surface area (Å²) >= 11 is 0. The summed E-state index contributed by atoms with van der Waals surface area (Å²) in [5.41, 5.74) is 1.73. The van der Waals surface area contributed by atoms with E-state index in [4.69, 9.17) is 9.47 Å². The number of rotatable bonds is 8. The van der Waals surface area contributed by atoms with Crippen LogP contribution in [-0.4, -0.2) is 41.7 Å². The molecule has 1 amide bonds. The van der Waals surface area contributed by atoms with Gasteiger partial charge in [0.05, 0.1) is 17.5 Å². The number of likely N-dealkylation sites (tertiary alicyclic amines) is 1. The smallest absolute Gasteiger partial charge is 0.343 e. The van der Waals surface area contributed by atoms with E-state index in [1.165, 1.54) is 24.3 Å². The second-order valence-electron chi connectivity index (χ2n) is 8.34. The third kappa shape index (κ3) is 5.81. The van der Waals surface area contributed by atoms with Crippen molar-refractivity contribution in [1.29, 1.82) is 0 Å². The second-order valence-corrected chi connectivity index (χ2v) is 8.34. The number of esters is 2. The summed E-state index contributed by atoms with van der Waals surface area (Å²) < 4.78 is 10.5. The van der Waals surface area contributed by atoms with Crippen LogP contribution in [-0.2, 0) is 14.3 Å². The number of carbonyl (C=O) groups is 4. The van der Waals surface area contributed by atoms with Crippen LogP contribution >= 0.6 is 0 Å². The van der Waals surface area contributed by atoms with Gasteiger partial charge in [-0.15, -0.1) is 0 Å². The molecule has 0 aliphatic carbocycles. The van der Waals surface area contributed by atoms with Crippen molar-refractivity contribution in [3.8, 4) is 5.75 Å². The lowest BCUT2D eigenvalue weighted by molar-refractivity contribution is -0.147. The Morgan fingerprint density at radius 2 is 1.51 bits per heavy atom. The molecule has 0 N–H and O–H groups in total. The van der Waals surface area contributed by atoms with E-state index in [0.29, 0.717) is 16.9 Å². The summed E-state index contributed by atoms with van der Waals surface area (Å²) in [5.74, 6) is -1.89. The second kappa shape index (κ2) is 10.8. The molecule has 0 aromatic heterocycles. The van der Waals surface area contributed by atoms with E-state index in [2.05, 4.69) is 0 Å². The van der Waals surface area contributed by atoms with Crippen molar-refractivity contribution in [2.24, 2.45) is 5.92 Å². The summed E-state index contributed by atoms with van der Waals surface area (Å²) in [6.07, 6.45) is 0.0612. The molecule has 7 heteroatoms. The lowest BCUT2D eigenvalue weighted by Crippen LogP contribution is -2.30. The summed E-state index contributed by atoms with van der Waals surface area (Å²) in [6, 6.07) is 24.0. The molecule has 1 aliphatic heterocycles. The lowest BCUT2D eigenvalue weighted by atomic mass is 10.1. The molecule has 1 fully saturated rings. The van der Waals surface area contributed by atoms with Gasteiger partial charge in [-0.1, -0.05) is 48.5 Å². The zero-order valence-corrected chi connectivity index (χ0v) is 19.3. The van der Waals surface area contributed by atoms with Crippen LogP contribution in [0.5, 0.6) is 5.75 Å². The van der Waals surface area contributed by atoms with Gasteiger partial charge < -0.3 is 14.4 Å². The zero-order chi connectivity index (χ0) is 24.8. The summed E-state index contributed by atoms with van der Waals surface area (Å²) in [4.78, 5) is 51.3. The molecule has 2 atom stereocenters. The van der Waals surface area contributed by atoms with Crippen molar-refractivity contribution in [3.63, 3.8) is 0 Å². The molecule has 4 rings (SSSR count). The van der Waals surface area contributed by atoms with Crippen molar-refractivity contribution in [2.75, 3.05) is 13.2 Å². The van der Waals surface area contributed by atoms with Crippen molar-refractivity contribution < 1.29 is 28.7 Å². The number of ketones is 1. The van der Waals surface area contributed by atoms with Crippen LogP contribution in [0.25, 0.3) is 0 Å². The molecule has 3 aromatic rings. The maximum atomic E-state index is 12.5. The molecular weight excluding hydrogens is 446 g/mol. The van der Waals surface area contributed by atoms with Gasteiger partial charge in [0, 0.05) is 18.5 Å². The number of amides is 1. The Labute approximate surface area is 203 Å². The Morgan fingerprint density at radius 3 is 2.17 bits per heavy atom. The van der Waals surface area contributed by atoms with Crippen molar-refractivity contribution in [1.82, 2.24) is 4.90 Å². The predicted octanol–water partition coefficient (Wildman–Crippen LogP) is 4.24. The Balaban J connectivity index is 1.28. The van der Waals surface area contributed by atoms with Gasteiger partial charge in [-0.25, -0.2) is 4.79 Å². The first-order valence-corrected chi connectivity index (χ1v) is 11.3. The minimum Gasteiger partial charge on any atom is -0.457 e. The van der Waals surface area contributed by atoms with Gasteiger partial charge in [0.1, 0.15) is 5.75 Å². The van der Waals surface area contributed by atoms with E-state index < -0.39 is 30.2 Å². The summed E-state index contributed by atoms with van der Waals surface area (Å²) in [5, 5.41) is 0. The number of hydrogen-bond acceptors (Lipinski definition) is 6. The number of carbonyl (C=O) groups excluding carboxylic acids is 4. The van der Waals surface area contributed by atoms with Crippen molar-refractivity contribution in [3.05, 3.63) is 102 Å². The molecule has 35 heavy (non-hydrogen) atoms. The Kier molecular flexibility index (Phi) is 7.35. The normalized spacial score (nSPS) is 16.0. The fraction of sp³-hybridized carbons (Fsp3) is 0.214. The monoisotopic (exact) mass is 471 g/mol. The highest BCUT2D eigenvalue weighted by atomic mass is 16.5. The van der Waals surface area contributed by atoms with E-state index in [9.17, 15) is 19.2 Å². The molecule has 1 heterocycles. The average molecular weight is 472 g/mol. The summed E-state index contributed by atoms with van der Waals surface area (Å²) in [6.45, 7) is 1.75. The molecule has 3 aromatic carbocycles. The van der Waals surface area contributed by atoms with Crippen LogP contribution in [0.3, 0.4) is 0 Å². The van der Waals surface area contributed by atoms with Gasteiger partial charge >= 0.3 is 11.9 Å². The van der Waals surface area contributed by atoms with Crippen LogP contribution in [0.1, 0.15) is 45.7 Å². The molecule has 1 aliphatic rings. The lowest BCUT2D eigenvalue weighted by Gasteiger charge is -2.25. The fourth-order valence-corrected chi connectivity index (χ4v) is 3.96. The molecule has 178 valence electrons. The topological polar surface area (TPSA) is 90.0 Å². The van der Waals surface area contributed by atoms with Gasteiger partial charge in [0.25, 0.3) is 0 Å². The zero-order valence-electron chi connectivity index (χ0n) is 19.3. The number of ether oxygens (including phenoxy) is 2. The number of benzene rings is 3. The predicted molar refractivity (Wildman–Crippen MR) is 128 cm³/mol. The molecule has 0 radical (unpaired) electrons. The van der Waals surface area contributed by atoms with Crippen LogP contribution in [0, 0.1) is 5.92 Å². The minimum absolute atomic E-state index is 0.0612. The largest absolute Gasteiger partial charge is 0.457 e. The molecule has 7 nitrogen and oxygen atoms in total. The van der Waals surface area contributed by atoms with Gasteiger partial charge in [-0.3, -0.25) is 14.4 Å².